The summed E-state index contributed by atoms with van der Waals surface area (Å²) in [5, 5.41) is 10.5. The van der Waals surface area contributed by atoms with Crippen LogP contribution in [0.25, 0.3) is 0 Å². The van der Waals surface area contributed by atoms with E-state index in [9.17, 15) is 13.5 Å². The molecule has 0 amide bonds. The van der Waals surface area contributed by atoms with E-state index in [-0.39, 0.29) is 6.54 Å². The molecule has 0 aromatic heterocycles. The molecule has 2 N–H and O–H groups in total. The van der Waals surface area contributed by atoms with Crippen LogP contribution >= 0.6 is 0 Å². The first-order valence-electron chi connectivity index (χ1n) is 7.51. The first-order valence-corrected chi connectivity index (χ1v) is 8.99. The molecule has 1 aliphatic rings. The Labute approximate surface area is 127 Å². The molecule has 0 bridgehead atoms. The van der Waals surface area contributed by atoms with Gasteiger partial charge in [0.25, 0.3) is 0 Å². The Bertz CT molecular complexity index is 612. The van der Waals surface area contributed by atoms with Gasteiger partial charge in [0.15, 0.2) is 0 Å². The minimum atomic E-state index is -3.58. The van der Waals surface area contributed by atoms with Gasteiger partial charge in [0.2, 0.25) is 10.0 Å². The third-order valence-electron chi connectivity index (χ3n) is 4.29. The second kappa shape index (κ2) is 6.07. The van der Waals surface area contributed by atoms with Gasteiger partial charge in [-0.05, 0) is 49.8 Å². The second-order valence-electron chi connectivity index (χ2n) is 6.52. The Balaban J connectivity index is 2.13. The Kier molecular flexibility index (Phi) is 4.76. The van der Waals surface area contributed by atoms with Crippen molar-refractivity contribution in [1.29, 1.82) is 0 Å². The fourth-order valence-electron chi connectivity index (χ4n) is 3.10. The largest absolute Gasteiger partial charge is 0.389 e. The smallest absolute Gasteiger partial charge is 0.240 e. The first-order chi connectivity index (χ1) is 9.72. The van der Waals surface area contributed by atoms with Crippen LogP contribution < -0.4 is 4.72 Å². The monoisotopic (exact) mass is 311 g/mol. The van der Waals surface area contributed by atoms with Gasteiger partial charge in [-0.3, -0.25) is 0 Å². The molecule has 1 aromatic rings. The van der Waals surface area contributed by atoms with Crippen LogP contribution in [0.4, 0.5) is 0 Å². The summed E-state index contributed by atoms with van der Waals surface area (Å²) in [5.41, 5.74) is 0.714. The Morgan fingerprint density at radius 3 is 2.76 bits per heavy atom. The standard InChI is InChI=1S/C16H25NO3S/c1-12-6-7-14(3)15(9-12)21(19,20)17-11-16(18)8-4-5-13(2)10-16/h6-7,9,13,17-18H,4-5,8,10-11H2,1-3H3. The molecule has 0 aliphatic heterocycles. The SMILES string of the molecule is Cc1ccc(C)c(S(=O)(=O)NCC2(O)CCCC(C)C2)c1. The Morgan fingerprint density at radius 1 is 1.38 bits per heavy atom. The zero-order chi connectivity index (χ0) is 15.7. The molecule has 1 aliphatic carbocycles. The number of rotatable bonds is 4. The van der Waals surface area contributed by atoms with Gasteiger partial charge < -0.3 is 5.11 Å². The lowest BCUT2D eigenvalue weighted by molar-refractivity contribution is -0.00751. The molecule has 1 fully saturated rings. The van der Waals surface area contributed by atoms with Crippen molar-refractivity contribution in [1.82, 2.24) is 4.72 Å². The van der Waals surface area contributed by atoms with Crippen molar-refractivity contribution in [2.24, 2.45) is 5.92 Å². The van der Waals surface area contributed by atoms with Gasteiger partial charge in [0.05, 0.1) is 10.5 Å². The average molecular weight is 311 g/mol. The maximum absolute atomic E-state index is 12.4. The molecule has 2 unspecified atom stereocenters. The van der Waals surface area contributed by atoms with Crippen LogP contribution in [0.1, 0.15) is 43.7 Å². The topological polar surface area (TPSA) is 66.4 Å². The summed E-state index contributed by atoms with van der Waals surface area (Å²) in [4.78, 5) is 0.301. The van der Waals surface area contributed by atoms with Crippen LogP contribution in [-0.2, 0) is 10.0 Å². The number of hydrogen-bond donors (Lipinski definition) is 2. The lowest BCUT2D eigenvalue weighted by atomic mass is 9.79. The summed E-state index contributed by atoms with van der Waals surface area (Å²) in [5.74, 6) is 0.439. The summed E-state index contributed by atoms with van der Waals surface area (Å²) in [6.45, 7) is 5.84. The van der Waals surface area contributed by atoms with Gasteiger partial charge in [-0.25, -0.2) is 13.1 Å². The molecule has 2 atom stereocenters. The summed E-state index contributed by atoms with van der Waals surface area (Å²) in [6.07, 6.45) is 3.36. The van der Waals surface area contributed by atoms with Gasteiger partial charge >= 0.3 is 0 Å². The van der Waals surface area contributed by atoms with Gasteiger partial charge in [0.1, 0.15) is 0 Å². The quantitative estimate of drug-likeness (QED) is 0.898. The molecule has 0 spiro atoms. The second-order valence-corrected chi connectivity index (χ2v) is 8.25. The number of aryl methyl sites for hydroxylation is 2. The number of nitrogens with one attached hydrogen (secondary N) is 1. The highest BCUT2D eigenvalue weighted by molar-refractivity contribution is 7.89. The van der Waals surface area contributed by atoms with E-state index in [1.54, 1.807) is 19.1 Å². The lowest BCUT2D eigenvalue weighted by Gasteiger charge is -2.35. The first kappa shape index (κ1) is 16.5. The van der Waals surface area contributed by atoms with Crippen molar-refractivity contribution in [3.05, 3.63) is 29.3 Å². The fourth-order valence-corrected chi connectivity index (χ4v) is 4.54. The predicted octanol–water partition coefficient (Wildman–Crippen LogP) is 2.52. The van der Waals surface area contributed by atoms with E-state index in [4.69, 9.17) is 0 Å². The molecule has 0 heterocycles. The number of sulfonamides is 1. The Hall–Kier alpha value is -0.910. The van der Waals surface area contributed by atoms with Crippen LogP contribution in [0.5, 0.6) is 0 Å². The van der Waals surface area contributed by atoms with Gasteiger partial charge in [0, 0.05) is 6.54 Å². The van der Waals surface area contributed by atoms with Crippen molar-refractivity contribution in [3.63, 3.8) is 0 Å². The molecular weight excluding hydrogens is 286 g/mol. The van der Waals surface area contributed by atoms with Crippen LogP contribution in [0.2, 0.25) is 0 Å². The average Bonchev–Trinajstić information content (AvgIpc) is 2.39. The zero-order valence-electron chi connectivity index (χ0n) is 13.0. The van der Waals surface area contributed by atoms with E-state index in [1.807, 2.05) is 13.0 Å². The molecule has 21 heavy (non-hydrogen) atoms. The predicted molar refractivity (Wildman–Crippen MR) is 83.7 cm³/mol. The maximum Gasteiger partial charge on any atom is 0.240 e. The summed E-state index contributed by atoms with van der Waals surface area (Å²) < 4.78 is 27.5. The lowest BCUT2D eigenvalue weighted by Crippen LogP contribution is -2.45. The van der Waals surface area contributed by atoms with E-state index in [0.717, 1.165) is 24.0 Å². The number of benzene rings is 1. The van der Waals surface area contributed by atoms with Crippen molar-refractivity contribution in [3.8, 4) is 0 Å². The van der Waals surface area contributed by atoms with Crippen LogP contribution in [0.15, 0.2) is 23.1 Å². The summed E-state index contributed by atoms with van der Waals surface area (Å²) >= 11 is 0. The fraction of sp³-hybridized carbons (Fsp3) is 0.625. The Morgan fingerprint density at radius 2 is 2.10 bits per heavy atom. The van der Waals surface area contributed by atoms with E-state index >= 15 is 0 Å². The molecule has 1 aromatic carbocycles. The van der Waals surface area contributed by atoms with E-state index < -0.39 is 15.6 Å². The van der Waals surface area contributed by atoms with Gasteiger partial charge in [-0.2, -0.15) is 0 Å². The van der Waals surface area contributed by atoms with E-state index in [2.05, 4.69) is 11.6 Å². The van der Waals surface area contributed by atoms with E-state index in [0.29, 0.717) is 23.7 Å². The van der Waals surface area contributed by atoms with Crippen molar-refractivity contribution in [2.75, 3.05) is 6.54 Å². The van der Waals surface area contributed by atoms with E-state index in [1.165, 1.54) is 0 Å². The highest BCUT2D eigenvalue weighted by Gasteiger charge is 2.34. The minimum Gasteiger partial charge on any atom is -0.389 e. The highest BCUT2D eigenvalue weighted by Crippen LogP contribution is 2.32. The van der Waals surface area contributed by atoms with Crippen molar-refractivity contribution in [2.45, 2.75) is 57.0 Å². The molecule has 1 saturated carbocycles. The summed E-state index contributed by atoms with van der Waals surface area (Å²) in [7, 11) is -3.58. The van der Waals surface area contributed by atoms with Crippen molar-refractivity contribution >= 4 is 10.0 Å². The molecule has 0 radical (unpaired) electrons. The van der Waals surface area contributed by atoms with Crippen LogP contribution in [0, 0.1) is 19.8 Å². The molecule has 118 valence electrons. The van der Waals surface area contributed by atoms with Crippen LogP contribution in [-0.4, -0.2) is 25.7 Å². The number of aliphatic hydroxyl groups is 1. The molecule has 5 heteroatoms. The maximum atomic E-state index is 12.4. The normalized spacial score (nSPS) is 26.8. The molecule has 0 saturated heterocycles. The van der Waals surface area contributed by atoms with Gasteiger partial charge in [-0.1, -0.05) is 31.9 Å². The summed E-state index contributed by atoms with van der Waals surface area (Å²) in [6, 6.07) is 5.37. The number of hydrogen-bond acceptors (Lipinski definition) is 3. The van der Waals surface area contributed by atoms with Gasteiger partial charge in [-0.15, -0.1) is 0 Å². The molecule has 4 nitrogen and oxygen atoms in total. The third kappa shape index (κ3) is 4.05. The van der Waals surface area contributed by atoms with Crippen LogP contribution in [0.3, 0.4) is 0 Å². The molecular formula is C16H25NO3S. The highest BCUT2D eigenvalue weighted by atomic mass is 32.2. The van der Waals surface area contributed by atoms with Crippen molar-refractivity contribution < 1.29 is 13.5 Å². The third-order valence-corrected chi connectivity index (χ3v) is 5.84. The zero-order valence-corrected chi connectivity index (χ0v) is 13.8. The molecule has 2 rings (SSSR count). The minimum absolute atomic E-state index is 0.0903.